The maximum absolute atomic E-state index is 13.3. The second-order valence-corrected chi connectivity index (χ2v) is 10.4. The zero-order valence-corrected chi connectivity index (χ0v) is 23.7. The van der Waals surface area contributed by atoms with Crippen molar-refractivity contribution in [1.82, 2.24) is 20.1 Å². The third-order valence-corrected chi connectivity index (χ3v) is 7.59. The van der Waals surface area contributed by atoms with Gasteiger partial charge in [0.2, 0.25) is 5.91 Å². The van der Waals surface area contributed by atoms with Crippen LogP contribution >= 0.6 is 23.4 Å². The molecule has 1 aliphatic rings. The summed E-state index contributed by atoms with van der Waals surface area (Å²) in [5.41, 5.74) is 2.00. The van der Waals surface area contributed by atoms with E-state index in [-0.39, 0.29) is 17.4 Å². The van der Waals surface area contributed by atoms with Crippen LogP contribution in [0.25, 0.3) is 5.69 Å². The maximum atomic E-state index is 13.3. The Bertz CT molecular complexity index is 1650. The molecule has 1 aromatic heterocycles. The molecular formula is C29H24ClN5O5S. The summed E-state index contributed by atoms with van der Waals surface area (Å²) in [6, 6.07) is 18.3. The van der Waals surface area contributed by atoms with Crippen molar-refractivity contribution >= 4 is 52.6 Å². The Balaban J connectivity index is 1.37. The molecule has 0 aliphatic carbocycles. The van der Waals surface area contributed by atoms with E-state index < -0.39 is 11.8 Å². The quantitative estimate of drug-likeness (QED) is 0.164. The summed E-state index contributed by atoms with van der Waals surface area (Å²) in [7, 11) is 1.52. The van der Waals surface area contributed by atoms with Gasteiger partial charge in [-0.05, 0) is 42.5 Å². The SMILES string of the molecule is COc1ccc(-n2c(CCNC(C)=O)nnc2SCC(=O)c2cccc(N3C(=O)c4ccccc4C3=O)c2)cc1Cl. The Morgan fingerprint density at radius 3 is 2.34 bits per heavy atom. The van der Waals surface area contributed by atoms with Gasteiger partial charge in [0.25, 0.3) is 11.8 Å². The molecule has 0 saturated carbocycles. The minimum atomic E-state index is -0.428. The normalized spacial score (nSPS) is 12.4. The van der Waals surface area contributed by atoms with Crippen LogP contribution in [0.15, 0.2) is 71.9 Å². The van der Waals surface area contributed by atoms with Crippen LogP contribution in [0.1, 0.15) is 43.8 Å². The number of rotatable bonds is 10. The average molecular weight is 590 g/mol. The first-order valence-corrected chi connectivity index (χ1v) is 13.9. The first-order valence-electron chi connectivity index (χ1n) is 12.5. The monoisotopic (exact) mass is 589 g/mol. The number of fused-ring (bicyclic) bond motifs is 1. The third-order valence-electron chi connectivity index (χ3n) is 6.37. The molecule has 0 spiro atoms. The van der Waals surface area contributed by atoms with Gasteiger partial charge in [-0.2, -0.15) is 0 Å². The Hall–Kier alpha value is -4.48. The van der Waals surface area contributed by atoms with Gasteiger partial charge < -0.3 is 10.1 Å². The van der Waals surface area contributed by atoms with Gasteiger partial charge in [0, 0.05) is 25.5 Å². The number of benzene rings is 3. The molecule has 3 amide bonds. The predicted molar refractivity (Wildman–Crippen MR) is 154 cm³/mol. The molecule has 0 atom stereocenters. The molecule has 0 bridgehead atoms. The highest BCUT2D eigenvalue weighted by Crippen LogP contribution is 2.31. The highest BCUT2D eigenvalue weighted by molar-refractivity contribution is 7.99. The number of hydrogen-bond acceptors (Lipinski definition) is 8. The molecular weight excluding hydrogens is 566 g/mol. The highest BCUT2D eigenvalue weighted by atomic mass is 35.5. The standard InChI is InChI=1S/C29H24ClN5O5S/c1-17(36)31-13-12-26-32-33-29(34(26)20-10-11-25(40-2)23(30)15-20)41-16-24(37)18-6-5-7-19(14-18)35-27(38)21-8-3-4-9-22(21)28(35)39/h3-11,14-15H,12-13,16H2,1-2H3,(H,31,36). The van der Waals surface area contributed by atoms with E-state index in [9.17, 15) is 19.2 Å². The number of imide groups is 1. The predicted octanol–water partition coefficient (Wildman–Crippen LogP) is 4.38. The lowest BCUT2D eigenvalue weighted by atomic mass is 10.1. The maximum Gasteiger partial charge on any atom is 0.266 e. The summed E-state index contributed by atoms with van der Waals surface area (Å²) in [6.45, 7) is 1.79. The topological polar surface area (TPSA) is 123 Å². The molecule has 12 heteroatoms. The molecule has 3 aromatic carbocycles. The van der Waals surface area contributed by atoms with Gasteiger partial charge in [0.1, 0.15) is 11.6 Å². The van der Waals surface area contributed by atoms with E-state index in [0.717, 1.165) is 4.90 Å². The summed E-state index contributed by atoms with van der Waals surface area (Å²) in [5, 5.41) is 12.2. The Kier molecular flexibility index (Phi) is 8.18. The number of nitrogens with one attached hydrogen (secondary N) is 1. The Labute approximate surface area is 244 Å². The van der Waals surface area contributed by atoms with E-state index in [4.69, 9.17) is 16.3 Å². The van der Waals surface area contributed by atoms with Gasteiger partial charge in [0.05, 0.1) is 40.4 Å². The summed E-state index contributed by atoms with van der Waals surface area (Å²) in [4.78, 5) is 51.5. The minimum absolute atomic E-state index is 0.0132. The van der Waals surface area contributed by atoms with Crippen LogP contribution < -0.4 is 15.0 Å². The van der Waals surface area contributed by atoms with E-state index in [1.807, 2.05) is 0 Å². The fraction of sp³-hybridized carbons (Fsp3) is 0.172. The van der Waals surface area contributed by atoms with Crippen molar-refractivity contribution in [2.75, 3.05) is 24.3 Å². The number of ether oxygens (including phenoxy) is 1. The molecule has 5 rings (SSSR count). The summed E-state index contributed by atoms with van der Waals surface area (Å²) in [5.74, 6) is -0.152. The Morgan fingerprint density at radius 1 is 0.951 bits per heavy atom. The number of nitrogens with zero attached hydrogens (tertiary/aromatic N) is 4. The highest BCUT2D eigenvalue weighted by Gasteiger charge is 2.36. The van der Waals surface area contributed by atoms with E-state index in [1.165, 1.54) is 31.9 Å². The van der Waals surface area contributed by atoms with Crippen molar-refractivity contribution in [3.05, 3.63) is 94.3 Å². The molecule has 0 saturated heterocycles. The number of methoxy groups -OCH3 is 1. The van der Waals surface area contributed by atoms with Crippen molar-refractivity contribution in [3.8, 4) is 11.4 Å². The number of hydrogen-bond donors (Lipinski definition) is 1. The van der Waals surface area contributed by atoms with Gasteiger partial charge >= 0.3 is 0 Å². The van der Waals surface area contributed by atoms with E-state index >= 15 is 0 Å². The first-order chi connectivity index (χ1) is 19.8. The van der Waals surface area contributed by atoms with Gasteiger partial charge in [-0.3, -0.25) is 23.7 Å². The van der Waals surface area contributed by atoms with Crippen molar-refractivity contribution in [2.24, 2.45) is 0 Å². The minimum Gasteiger partial charge on any atom is -0.495 e. The fourth-order valence-corrected chi connectivity index (χ4v) is 5.53. The van der Waals surface area contributed by atoms with Crippen LogP contribution in [-0.2, 0) is 11.2 Å². The molecule has 1 N–H and O–H groups in total. The van der Waals surface area contributed by atoms with Crippen LogP contribution in [0.3, 0.4) is 0 Å². The molecule has 0 radical (unpaired) electrons. The number of Topliss-reactive ketones (excluding diaryl/α,β-unsaturated/α-hetero) is 1. The number of carbonyl (C=O) groups is 4. The molecule has 2 heterocycles. The summed E-state index contributed by atoms with van der Waals surface area (Å²) in [6.07, 6.45) is 0.396. The molecule has 1 aliphatic heterocycles. The lowest BCUT2D eigenvalue weighted by molar-refractivity contribution is -0.118. The van der Waals surface area contributed by atoms with Crippen molar-refractivity contribution < 1.29 is 23.9 Å². The number of amides is 3. The van der Waals surface area contributed by atoms with E-state index in [1.54, 1.807) is 65.2 Å². The number of halogens is 1. The van der Waals surface area contributed by atoms with E-state index in [0.29, 0.717) is 62.8 Å². The first kappa shape index (κ1) is 28.1. The van der Waals surface area contributed by atoms with Crippen molar-refractivity contribution in [1.29, 1.82) is 0 Å². The third kappa shape index (κ3) is 5.72. The number of ketones is 1. The van der Waals surface area contributed by atoms with Gasteiger partial charge in [-0.25, -0.2) is 4.90 Å². The second kappa shape index (κ2) is 11.9. The molecule has 41 heavy (non-hydrogen) atoms. The number of carbonyl (C=O) groups excluding carboxylic acids is 4. The molecule has 0 fully saturated rings. The van der Waals surface area contributed by atoms with Crippen LogP contribution in [-0.4, -0.2) is 57.7 Å². The van der Waals surface area contributed by atoms with Gasteiger partial charge in [0.15, 0.2) is 10.9 Å². The van der Waals surface area contributed by atoms with Crippen LogP contribution in [0, 0.1) is 0 Å². The summed E-state index contributed by atoms with van der Waals surface area (Å²) < 4.78 is 7.04. The molecule has 10 nitrogen and oxygen atoms in total. The second-order valence-electron chi connectivity index (χ2n) is 9.04. The molecule has 4 aromatic rings. The lowest BCUT2D eigenvalue weighted by Crippen LogP contribution is -2.29. The van der Waals surface area contributed by atoms with Crippen molar-refractivity contribution in [3.63, 3.8) is 0 Å². The van der Waals surface area contributed by atoms with Gasteiger partial charge in [-0.1, -0.05) is 47.6 Å². The number of thioether (sulfide) groups is 1. The number of anilines is 1. The zero-order chi connectivity index (χ0) is 29.1. The zero-order valence-electron chi connectivity index (χ0n) is 22.1. The van der Waals surface area contributed by atoms with Crippen molar-refractivity contribution in [2.45, 2.75) is 18.5 Å². The van der Waals surface area contributed by atoms with Crippen LogP contribution in [0.2, 0.25) is 5.02 Å². The Morgan fingerprint density at radius 2 is 1.68 bits per heavy atom. The molecule has 208 valence electrons. The average Bonchev–Trinajstić information content (AvgIpc) is 3.49. The lowest BCUT2D eigenvalue weighted by Gasteiger charge is -2.15. The van der Waals surface area contributed by atoms with Crippen LogP contribution in [0.4, 0.5) is 5.69 Å². The smallest absolute Gasteiger partial charge is 0.266 e. The fourth-order valence-electron chi connectivity index (χ4n) is 4.42. The molecule has 0 unspecified atom stereocenters. The van der Waals surface area contributed by atoms with E-state index in [2.05, 4.69) is 15.5 Å². The van der Waals surface area contributed by atoms with Gasteiger partial charge in [-0.15, -0.1) is 10.2 Å². The van der Waals surface area contributed by atoms with Crippen LogP contribution in [0.5, 0.6) is 5.75 Å². The number of aromatic nitrogens is 3. The summed E-state index contributed by atoms with van der Waals surface area (Å²) >= 11 is 7.56. The largest absolute Gasteiger partial charge is 0.495 e.